The molecule has 17 heavy (non-hydrogen) atoms. The minimum absolute atomic E-state index is 0.314. The summed E-state index contributed by atoms with van der Waals surface area (Å²) >= 11 is 0. The van der Waals surface area contributed by atoms with Crippen LogP contribution >= 0.6 is 0 Å². The largest absolute Gasteiger partial charge is 0.508 e. The van der Waals surface area contributed by atoms with E-state index in [1.54, 1.807) is 12.1 Å². The molecule has 0 atom stereocenters. The quantitative estimate of drug-likeness (QED) is 0.867. The molecule has 88 valence electrons. The number of phenols is 1. The lowest BCUT2D eigenvalue weighted by molar-refractivity contribution is 0.475. The zero-order valence-corrected chi connectivity index (χ0v) is 10.0. The molecule has 2 aromatic rings. The fourth-order valence-electron chi connectivity index (χ4n) is 1.80. The highest BCUT2D eigenvalue weighted by molar-refractivity contribution is 5.49. The number of aromatic hydroxyl groups is 1. The van der Waals surface area contributed by atoms with Gasteiger partial charge < -0.3 is 10.0 Å². The predicted molar refractivity (Wildman–Crippen MR) is 71.5 cm³/mol. The van der Waals surface area contributed by atoms with Crippen LogP contribution in [0.1, 0.15) is 5.56 Å². The van der Waals surface area contributed by atoms with E-state index in [1.807, 2.05) is 25.2 Å². The molecule has 0 bridgehead atoms. The summed E-state index contributed by atoms with van der Waals surface area (Å²) in [5.41, 5.74) is 2.38. The minimum atomic E-state index is 0.314. The van der Waals surface area contributed by atoms with E-state index in [9.17, 15) is 5.11 Å². The van der Waals surface area contributed by atoms with Gasteiger partial charge in [-0.2, -0.15) is 0 Å². The third-order valence-corrected chi connectivity index (χ3v) is 2.85. The minimum Gasteiger partial charge on any atom is -0.508 e. The summed E-state index contributed by atoms with van der Waals surface area (Å²) < 4.78 is 0. The fourth-order valence-corrected chi connectivity index (χ4v) is 1.80. The van der Waals surface area contributed by atoms with Gasteiger partial charge in [-0.3, -0.25) is 0 Å². The van der Waals surface area contributed by atoms with Crippen molar-refractivity contribution in [2.45, 2.75) is 6.42 Å². The maximum Gasteiger partial charge on any atom is 0.117 e. The fraction of sp³-hybridized carbons (Fsp3) is 0.200. The number of benzene rings is 2. The summed E-state index contributed by atoms with van der Waals surface area (Å²) in [6.45, 7) is 0.938. The van der Waals surface area contributed by atoms with Gasteiger partial charge >= 0.3 is 0 Å². The van der Waals surface area contributed by atoms with Gasteiger partial charge in [-0.15, -0.1) is 0 Å². The van der Waals surface area contributed by atoms with Crippen molar-refractivity contribution < 1.29 is 5.11 Å². The highest BCUT2D eigenvalue weighted by Gasteiger charge is 2.01. The molecule has 0 aliphatic heterocycles. The molecule has 0 spiro atoms. The van der Waals surface area contributed by atoms with Crippen LogP contribution in [0.4, 0.5) is 5.69 Å². The van der Waals surface area contributed by atoms with Crippen molar-refractivity contribution in [1.82, 2.24) is 0 Å². The monoisotopic (exact) mass is 227 g/mol. The van der Waals surface area contributed by atoms with Crippen LogP contribution in [0, 0.1) is 0 Å². The summed E-state index contributed by atoms with van der Waals surface area (Å²) in [6.07, 6.45) is 1.01. The summed E-state index contributed by atoms with van der Waals surface area (Å²) in [6, 6.07) is 17.8. The Hall–Kier alpha value is -1.96. The smallest absolute Gasteiger partial charge is 0.117 e. The summed E-state index contributed by atoms with van der Waals surface area (Å²) in [5, 5.41) is 9.42. The number of hydrogen-bond donors (Lipinski definition) is 1. The van der Waals surface area contributed by atoms with E-state index in [1.165, 1.54) is 5.56 Å². The lowest BCUT2D eigenvalue weighted by atomic mass is 10.1. The Morgan fingerprint density at radius 3 is 2.47 bits per heavy atom. The highest BCUT2D eigenvalue weighted by atomic mass is 16.3. The van der Waals surface area contributed by atoms with Gasteiger partial charge in [0.2, 0.25) is 0 Å². The van der Waals surface area contributed by atoms with Gasteiger partial charge in [0, 0.05) is 25.3 Å². The Balaban J connectivity index is 1.96. The van der Waals surface area contributed by atoms with E-state index >= 15 is 0 Å². The molecule has 2 nitrogen and oxygen atoms in total. The SMILES string of the molecule is CN(CCc1ccccc1)c1cccc(O)c1. The van der Waals surface area contributed by atoms with Crippen molar-refractivity contribution in [3.63, 3.8) is 0 Å². The third-order valence-electron chi connectivity index (χ3n) is 2.85. The average Bonchev–Trinajstić information content (AvgIpc) is 2.37. The van der Waals surface area contributed by atoms with Crippen LogP contribution in [0.15, 0.2) is 54.6 Å². The lowest BCUT2D eigenvalue weighted by Gasteiger charge is -2.19. The first kappa shape index (κ1) is 11.5. The topological polar surface area (TPSA) is 23.5 Å². The first-order valence-corrected chi connectivity index (χ1v) is 5.80. The lowest BCUT2D eigenvalue weighted by Crippen LogP contribution is -2.20. The molecule has 2 rings (SSSR count). The molecule has 0 fully saturated rings. The van der Waals surface area contributed by atoms with Crippen LogP contribution in [0.2, 0.25) is 0 Å². The van der Waals surface area contributed by atoms with Crippen LogP contribution in [-0.2, 0) is 6.42 Å². The van der Waals surface area contributed by atoms with Gasteiger partial charge in [0.25, 0.3) is 0 Å². The van der Waals surface area contributed by atoms with Crippen LogP contribution in [0.25, 0.3) is 0 Å². The van der Waals surface area contributed by atoms with Crippen LogP contribution in [0.5, 0.6) is 5.75 Å². The van der Waals surface area contributed by atoms with E-state index in [0.717, 1.165) is 18.7 Å². The molecule has 0 aliphatic carbocycles. The molecule has 0 heterocycles. The highest BCUT2D eigenvalue weighted by Crippen LogP contribution is 2.18. The molecule has 1 N–H and O–H groups in total. The van der Waals surface area contributed by atoms with E-state index in [0.29, 0.717) is 5.75 Å². The van der Waals surface area contributed by atoms with Gasteiger partial charge in [0.15, 0.2) is 0 Å². The Kier molecular flexibility index (Phi) is 3.66. The summed E-state index contributed by atoms with van der Waals surface area (Å²) in [4.78, 5) is 2.15. The number of rotatable bonds is 4. The zero-order valence-electron chi connectivity index (χ0n) is 10.0. The maximum absolute atomic E-state index is 9.42. The third kappa shape index (κ3) is 3.25. The molecule has 0 aliphatic rings. The van der Waals surface area contributed by atoms with Crippen molar-refractivity contribution in [1.29, 1.82) is 0 Å². The molecular formula is C15H17NO. The van der Waals surface area contributed by atoms with E-state index in [-0.39, 0.29) is 0 Å². The molecule has 2 heteroatoms. The number of anilines is 1. The Bertz CT molecular complexity index is 467. The summed E-state index contributed by atoms with van der Waals surface area (Å²) in [7, 11) is 2.04. The normalized spacial score (nSPS) is 10.2. The first-order valence-electron chi connectivity index (χ1n) is 5.80. The standard InChI is InChI=1S/C15H17NO/c1-16(14-8-5-9-15(17)12-14)11-10-13-6-3-2-4-7-13/h2-9,12,17H,10-11H2,1H3. The molecule has 0 amide bonds. The van der Waals surface area contributed by atoms with E-state index in [4.69, 9.17) is 0 Å². The molecule has 0 radical (unpaired) electrons. The first-order chi connectivity index (χ1) is 8.25. The summed E-state index contributed by atoms with van der Waals surface area (Å²) in [5.74, 6) is 0.314. The maximum atomic E-state index is 9.42. The van der Waals surface area contributed by atoms with Crippen LogP contribution in [-0.4, -0.2) is 18.7 Å². The number of phenolic OH excluding ortho intramolecular Hbond substituents is 1. The van der Waals surface area contributed by atoms with Crippen LogP contribution in [0.3, 0.4) is 0 Å². The molecular weight excluding hydrogens is 210 g/mol. The molecule has 2 aromatic carbocycles. The van der Waals surface area contributed by atoms with Gasteiger partial charge in [0.1, 0.15) is 5.75 Å². The van der Waals surface area contributed by atoms with Crippen molar-refractivity contribution >= 4 is 5.69 Å². The molecule has 0 unspecified atom stereocenters. The second kappa shape index (κ2) is 5.39. The van der Waals surface area contributed by atoms with Gasteiger partial charge in [-0.1, -0.05) is 36.4 Å². The predicted octanol–water partition coefficient (Wildman–Crippen LogP) is 3.07. The van der Waals surface area contributed by atoms with Crippen molar-refractivity contribution in [3.05, 3.63) is 60.2 Å². The number of hydrogen-bond acceptors (Lipinski definition) is 2. The number of nitrogens with zero attached hydrogens (tertiary/aromatic N) is 1. The Morgan fingerprint density at radius 2 is 1.76 bits per heavy atom. The average molecular weight is 227 g/mol. The van der Waals surface area contributed by atoms with Crippen molar-refractivity contribution in [3.8, 4) is 5.75 Å². The second-order valence-electron chi connectivity index (χ2n) is 4.18. The molecule has 0 aromatic heterocycles. The van der Waals surface area contributed by atoms with E-state index in [2.05, 4.69) is 29.2 Å². The Labute approximate surface area is 102 Å². The Morgan fingerprint density at radius 1 is 1.00 bits per heavy atom. The van der Waals surface area contributed by atoms with Gasteiger partial charge in [-0.25, -0.2) is 0 Å². The van der Waals surface area contributed by atoms with E-state index < -0.39 is 0 Å². The second-order valence-corrected chi connectivity index (χ2v) is 4.18. The molecule has 0 saturated heterocycles. The van der Waals surface area contributed by atoms with Gasteiger partial charge in [0.05, 0.1) is 0 Å². The van der Waals surface area contributed by atoms with Crippen molar-refractivity contribution in [2.75, 3.05) is 18.5 Å². The van der Waals surface area contributed by atoms with Crippen LogP contribution < -0.4 is 4.90 Å². The zero-order chi connectivity index (χ0) is 12.1. The van der Waals surface area contributed by atoms with Gasteiger partial charge in [-0.05, 0) is 24.1 Å². The van der Waals surface area contributed by atoms with Crippen molar-refractivity contribution in [2.24, 2.45) is 0 Å². The molecule has 0 saturated carbocycles. The number of likely N-dealkylation sites (N-methyl/N-ethyl adjacent to an activating group) is 1.